The third-order valence-electron chi connectivity index (χ3n) is 15.7. The first-order valence-electron chi connectivity index (χ1n) is 26.5. The van der Waals surface area contributed by atoms with E-state index >= 15 is 0 Å². The molecule has 0 amide bonds. The molecule has 3 fully saturated rings. The summed E-state index contributed by atoms with van der Waals surface area (Å²) in [5.41, 5.74) is 13.5. The van der Waals surface area contributed by atoms with Crippen LogP contribution in [0.25, 0.3) is 31.7 Å². The van der Waals surface area contributed by atoms with Gasteiger partial charge < -0.3 is 29.5 Å². The van der Waals surface area contributed by atoms with E-state index < -0.39 is 21.2 Å². The number of hydrogen-bond acceptors (Lipinski definition) is 12. The van der Waals surface area contributed by atoms with Crippen molar-refractivity contribution in [1.29, 1.82) is 0 Å². The van der Waals surface area contributed by atoms with Crippen molar-refractivity contribution in [2.24, 2.45) is 0 Å². The fourth-order valence-corrected chi connectivity index (χ4v) is 13.9. The zero-order chi connectivity index (χ0) is 54.8. The van der Waals surface area contributed by atoms with E-state index in [1.807, 2.05) is 93.7 Å². The Labute approximate surface area is 507 Å². The van der Waals surface area contributed by atoms with Gasteiger partial charge in [0.2, 0.25) is 0 Å². The molecule has 0 bridgehead atoms. The molecule has 12 nitrogen and oxygen atoms in total. The zero-order valence-electron chi connectivity index (χ0n) is 43.7. The number of pyridine rings is 3. The number of piperazine rings is 3. The van der Waals surface area contributed by atoms with Crippen molar-refractivity contribution < 1.29 is 15.1 Å². The molecule has 410 valence electrons. The minimum absolute atomic E-state index is 0. The number of halogens is 6. The lowest BCUT2D eigenvalue weighted by Crippen LogP contribution is -2.52. The number of nitrogens with zero attached hydrogens (tertiary/aromatic N) is 9. The summed E-state index contributed by atoms with van der Waals surface area (Å²) < 4.78 is 3.07. The van der Waals surface area contributed by atoms with Gasteiger partial charge in [-0.3, -0.25) is 29.7 Å². The summed E-state index contributed by atoms with van der Waals surface area (Å²) in [6.07, 6.45) is 12.0. The summed E-state index contributed by atoms with van der Waals surface area (Å²) in [4.78, 5) is 27.9. The van der Waals surface area contributed by atoms with E-state index in [9.17, 15) is 15.1 Å². The SMILES string of the molecule is C.CB(O)N1CCN(C2c3ccc(Cl)cc3C(Br)=Cc3cccnc32)CC1.CB(O)N1CCN([C@@H]2c3ccc(Cl)cc3C(Br)=Cc3cccnc32)CC1.CB(O)N1CCN([C@H]2c3ccc(Cl)cc3C(Br)=Cc3cccnc32)CC1. The summed E-state index contributed by atoms with van der Waals surface area (Å²) >= 11 is 30.1. The smallest absolute Gasteiger partial charge is 0.376 e. The average Bonchev–Trinajstić information content (AvgIpc) is 3.89. The first-order chi connectivity index (χ1) is 37.6. The van der Waals surface area contributed by atoms with Crippen LogP contribution in [0, 0.1) is 0 Å². The van der Waals surface area contributed by atoms with Crippen molar-refractivity contribution in [3.05, 3.63) is 192 Å². The van der Waals surface area contributed by atoms with Crippen LogP contribution >= 0.6 is 82.6 Å². The highest BCUT2D eigenvalue weighted by atomic mass is 79.9. The summed E-state index contributed by atoms with van der Waals surface area (Å²) in [6, 6.07) is 30.7. The van der Waals surface area contributed by atoms with Crippen LogP contribution in [0.5, 0.6) is 0 Å². The largest absolute Gasteiger partial charge is 0.437 e. The van der Waals surface area contributed by atoms with E-state index in [0.29, 0.717) is 0 Å². The molecule has 21 heteroatoms. The standard InChI is InChI=1S/3C19H20BBrClN3O.CH4/c3*1-20(26)25-9-7-24(8-10-25)19-15-5-4-14(22)12-16(15)17(21)11-13-3-2-6-23-18(13)19;/h3*2-6,11-12,19,26H,7-10H2,1H3;1H4/t2*19-;;/m10../s1. The first-order valence-corrected chi connectivity index (χ1v) is 30.0. The van der Waals surface area contributed by atoms with Crippen molar-refractivity contribution in [2.75, 3.05) is 78.5 Å². The number of aromatic nitrogens is 3. The van der Waals surface area contributed by atoms with Crippen LogP contribution in [0.4, 0.5) is 0 Å². The monoisotopic (exact) mass is 1310 g/mol. The lowest BCUT2D eigenvalue weighted by atomic mass is 9.84. The highest BCUT2D eigenvalue weighted by Gasteiger charge is 2.37. The molecule has 3 atom stereocenters. The molecule has 6 aliphatic rings. The third-order valence-corrected chi connectivity index (χ3v) is 18.3. The van der Waals surface area contributed by atoms with Gasteiger partial charge in [-0.2, -0.15) is 0 Å². The molecule has 1 unspecified atom stereocenters. The van der Waals surface area contributed by atoms with Gasteiger partial charge in [-0.15, -0.1) is 0 Å². The predicted octanol–water partition coefficient (Wildman–Crippen LogP) is 11.9. The molecule has 79 heavy (non-hydrogen) atoms. The number of fused-ring (bicyclic) bond motifs is 6. The fraction of sp³-hybridized carbons (Fsp3) is 0.328. The van der Waals surface area contributed by atoms with Crippen molar-refractivity contribution in [3.8, 4) is 0 Å². The second-order valence-corrected chi connectivity index (χ2v) is 24.3. The van der Waals surface area contributed by atoms with Gasteiger partial charge in [-0.05, 0) is 143 Å². The Balaban J connectivity index is 0.000000143. The van der Waals surface area contributed by atoms with Crippen LogP contribution in [0.1, 0.15) is 92.7 Å². The Morgan fingerprint density at radius 2 is 0.671 bits per heavy atom. The predicted molar refractivity (Wildman–Crippen MR) is 341 cm³/mol. The topological polar surface area (TPSA) is 119 Å². The molecular weight excluding hydrogens is 1250 g/mol. The van der Waals surface area contributed by atoms with Gasteiger partial charge in [0.05, 0.1) is 35.2 Å². The van der Waals surface area contributed by atoms with E-state index in [0.717, 1.165) is 158 Å². The van der Waals surface area contributed by atoms with Crippen molar-refractivity contribution in [3.63, 3.8) is 0 Å². The van der Waals surface area contributed by atoms with Crippen molar-refractivity contribution in [2.45, 2.75) is 46.0 Å². The molecule has 3 aromatic carbocycles. The third kappa shape index (κ3) is 13.5. The number of benzene rings is 3. The molecule has 6 heterocycles. The number of hydrogen-bond donors (Lipinski definition) is 3. The molecule has 3 saturated heterocycles. The Hall–Kier alpha value is -3.53. The van der Waals surface area contributed by atoms with Crippen LogP contribution in [0.2, 0.25) is 35.5 Å². The normalized spacial score (nSPS) is 20.5. The maximum Gasteiger partial charge on any atom is 0.376 e. The molecule has 3 aliphatic heterocycles. The highest BCUT2D eigenvalue weighted by Crippen LogP contribution is 2.45. The van der Waals surface area contributed by atoms with Crippen LogP contribution in [-0.4, -0.2) is 159 Å². The molecule has 12 rings (SSSR count). The van der Waals surface area contributed by atoms with E-state index in [2.05, 4.69) is 132 Å². The quantitative estimate of drug-likeness (QED) is 0.138. The second-order valence-electron chi connectivity index (χ2n) is 20.4. The Kier molecular flexibility index (Phi) is 20.4. The van der Waals surface area contributed by atoms with Crippen LogP contribution in [-0.2, 0) is 0 Å². The van der Waals surface area contributed by atoms with E-state index in [-0.39, 0.29) is 25.6 Å². The maximum atomic E-state index is 9.87. The summed E-state index contributed by atoms with van der Waals surface area (Å²) in [5.74, 6) is 0. The molecule has 6 aromatic rings. The van der Waals surface area contributed by atoms with Gasteiger partial charge in [0.1, 0.15) is 0 Å². The molecule has 3 aromatic heterocycles. The van der Waals surface area contributed by atoms with Gasteiger partial charge >= 0.3 is 21.2 Å². The Morgan fingerprint density at radius 1 is 0.418 bits per heavy atom. The van der Waals surface area contributed by atoms with Gasteiger partial charge in [0.15, 0.2) is 0 Å². The number of rotatable bonds is 6. The van der Waals surface area contributed by atoms with Gasteiger partial charge in [-0.25, -0.2) is 0 Å². The van der Waals surface area contributed by atoms with Gasteiger partial charge in [0, 0.05) is 126 Å². The molecule has 0 spiro atoms. The lowest BCUT2D eigenvalue weighted by Gasteiger charge is -2.40. The highest BCUT2D eigenvalue weighted by molar-refractivity contribution is 9.15. The summed E-state index contributed by atoms with van der Waals surface area (Å²) in [6.45, 7) is 15.8. The molecule has 0 radical (unpaired) electrons. The lowest BCUT2D eigenvalue weighted by molar-refractivity contribution is 0.144. The zero-order valence-corrected chi connectivity index (χ0v) is 50.7. The van der Waals surface area contributed by atoms with Crippen molar-refractivity contribution >= 4 is 135 Å². The van der Waals surface area contributed by atoms with Crippen LogP contribution in [0.15, 0.2) is 110 Å². The van der Waals surface area contributed by atoms with E-state index in [4.69, 9.17) is 49.8 Å². The minimum Gasteiger partial charge on any atom is -0.437 e. The van der Waals surface area contributed by atoms with Gasteiger partial charge in [-0.1, -0.05) is 126 Å². The average molecular weight is 1310 g/mol. The van der Waals surface area contributed by atoms with E-state index in [1.54, 1.807) is 0 Å². The summed E-state index contributed by atoms with van der Waals surface area (Å²) in [5, 5.41) is 31.8. The van der Waals surface area contributed by atoms with Crippen molar-refractivity contribution in [1.82, 2.24) is 44.1 Å². The van der Waals surface area contributed by atoms with Crippen LogP contribution < -0.4 is 0 Å². The molecule has 3 aliphatic carbocycles. The molecular formula is C58H64B3Br3Cl3N9O3. The van der Waals surface area contributed by atoms with E-state index in [1.165, 1.54) is 16.7 Å². The molecule has 0 saturated carbocycles. The minimum atomic E-state index is -0.404. The first kappa shape index (κ1) is 60.1. The molecule has 3 N–H and O–H groups in total. The Bertz CT molecular complexity index is 2890. The maximum absolute atomic E-state index is 9.87. The van der Waals surface area contributed by atoms with Gasteiger partial charge in [0.25, 0.3) is 0 Å². The second kappa shape index (κ2) is 26.8. The Morgan fingerprint density at radius 3 is 0.911 bits per heavy atom. The van der Waals surface area contributed by atoms with Crippen LogP contribution in [0.3, 0.4) is 0 Å². The fourth-order valence-electron chi connectivity index (χ4n) is 11.6. The summed E-state index contributed by atoms with van der Waals surface area (Å²) in [7, 11) is -1.21.